The quantitative estimate of drug-likeness (QED) is 0.861. The van der Waals surface area contributed by atoms with Crippen molar-refractivity contribution < 1.29 is 9.18 Å². The second-order valence-electron chi connectivity index (χ2n) is 4.95. The molecule has 2 aromatic rings. The minimum Gasteiger partial charge on any atom is -0.396 e. The number of nitrogens with zero attached hydrogens (tertiary/aromatic N) is 1. The van der Waals surface area contributed by atoms with Crippen molar-refractivity contribution in [1.82, 2.24) is 4.90 Å². The van der Waals surface area contributed by atoms with Gasteiger partial charge in [-0.1, -0.05) is 0 Å². The molecule has 5 heteroatoms. The SMILES string of the molecule is Nc1ccc(C(=O)N2CCCC2c2ccsc2)cc1F. The van der Waals surface area contributed by atoms with Gasteiger partial charge in [0.15, 0.2) is 0 Å². The van der Waals surface area contributed by atoms with Crippen LogP contribution in [0.1, 0.15) is 34.8 Å². The summed E-state index contributed by atoms with van der Waals surface area (Å²) in [5, 5.41) is 4.08. The van der Waals surface area contributed by atoms with E-state index in [1.165, 1.54) is 12.1 Å². The molecule has 0 bridgehead atoms. The average Bonchev–Trinajstić information content (AvgIpc) is 3.10. The molecule has 1 aromatic carbocycles. The number of benzene rings is 1. The third-order valence-corrected chi connectivity index (χ3v) is 4.39. The van der Waals surface area contributed by atoms with Crippen molar-refractivity contribution in [2.24, 2.45) is 0 Å². The molecule has 1 aliphatic rings. The van der Waals surface area contributed by atoms with Gasteiger partial charge in [-0.15, -0.1) is 0 Å². The van der Waals surface area contributed by atoms with Gasteiger partial charge in [0, 0.05) is 12.1 Å². The van der Waals surface area contributed by atoms with E-state index in [2.05, 4.69) is 5.38 Å². The second-order valence-corrected chi connectivity index (χ2v) is 5.73. The summed E-state index contributed by atoms with van der Waals surface area (Å²) in [5.41, 5.74) is 7.04. The van der Waals surface area contributed by atoms with Crippen LogP contribution >= 0.6 is 11.3 Å². The Morgan fingerprint density at radius 1 is 1.40 bits per heavy atom. The number of likely N-dealkylation sites (tertiary alicyclic amines) is 1. The van der Waals surface area contributed by atoms with Crippen LogP contribution in [-0.2, 0) is 0 Å². The molecule has 1 atom stereocenters. The molecule has 3 rings (SSSR count). The third kappa shape index (κ3) is 2.29. The van der Waals surface area contributed by atoms with Gasteiger partial charge in [0.05, 0.1) is 11.7 Å². The Morgan fingerprint density at radius 3 is 2.95 bits per heavy atom. The molecule has 2 heterocycles. The molecular formula is C15H15FN2OS. The van der Waals surface area contributed by atoms with E-state index in [1.807, 2.05) is 16.3 Å². The van der Waals surface area contributed by atoms with Gasteiger partial charge in [0.2, 0.25) is 0 Å². The zero-order valence-corrected chi connectivity index (χ0v) is 11.7. The Bertz CT molecular complexity index is 627. The highest BCUT2D eigenvalue weighted by atomic mass is 32.1. The van der Waals surface area contributed by atoms with E-state index >= 15 is 0 Å². The van der Waals surface area contributed by atoms with Crippen molar-refractivity contribution >= 4 is 22.9 Å². The van der Waals surface area contributed by atoms with Crippen molar-refractivity contribution in [3.63, 3.8) is 0 Å². The van der Waals surface area contributed by atoms with Crippen molar-refractivity contribution in [3.8, 4) is 0 Å². The van der Waals surface area contributed by atoms with Crippen LogP contribution in [0.25, 0.3) is 0 Å². The lowest BCUT2D eigenvalue weighted by Gasteiger charge is -2.24. The first-order chi connectivity index (χ1) is 9.66. The highest BCUT2D eigenvalue weighted by molar-refractivity contribution is 7.07. The third-order valence-electron chi connectivity index (χ3n) is 3.69. The molecular weight excluding hydrogens is 275 g/mol. The van der Waals surface area contributed by atoms with E-state index in [0.717, 1.165) is 18.4 Å². The number of nitrogen functional groups attached to an aromatic ring is 1. The van der Waals surface area contributed by atoms with E-state index < -0.39 is 5.82 Å². The first-order valence-corrected chi connectivity index (χ1v) is 7.49. The van der Waals surface area contributed by atoms with Gasteiger partial charge in [-0.2, -0.15) is 11.3 Å². The van der Waals surface area contributed by atoms with Crippen LogP contribution < -0.4 is 5.73 Å². The van der Waals surface area contributed by atoms with Crippen molar-refractivity contribution in [2.45, 2.75) is 18.9 Å². The number of carbonyl (C=O) groups excluding carboxylic acids is 1. The maximum absolute atomic E-state index is 13.5. The van der Waals surface area contributed by atoms with Crippen LogP contribution in [0.2, 0.25) is 0 Å². The first kappa shape index (κ1) is 13.1. The van der Waals surface area contributed by atoms with E-state index in [0.29, 0.717) is 12.1 Å². The maximum Gasteiger partial charge on any atom is 0.254 e. The molecule has 0 saturated carbocycles. The van der Waals surface area contributed by atoms with Gasteiger partial charge in [-0.3, -0.25) is 4.79 Å². The molecule has 1 unspecified atom stereocenters. The number of nitrogens with two attached hydrogens (primary N) is 1. The van der Waals surface area contributed by atoms with Crippen LogP contribution in [0.4, 0.5) is 10.1 Å². The topological polar surface area (TPSA) is 46.3 Å². The van der Waals surface area contributed by atoms with Gasteiger partial charge >= 0.3 is 0 Å². The zero-order chi connectivity index (χ0) is 14.1. The first-order valence-electron chi connectivity index (χ1n) is 6.55. The number of hydrogen-bond donors (Lipinski definition) is 1. The second kappa shape index (κ2) is 5.25. The van der Waals surface area contributed by atoms with Crippen LogP contribution in [0.5, 0.6) is 0 Å². The van der Waals surface area contributed by atoms with Gasteiger partial charge in [0.25, 0.3) is 5.91 Å². The fourth-order valence-electron chi connectivity index (χ4n) is 2.65. The fourth-order valence-corrected chi connectivity index (χ4v) is 3.35. The molecule has 1 saturated heterocycles. The number of anilines is 1. The van der Waals surface area contributed by atoms with Gasteiger partial charge in [-0.05, 0) is 53.4 Å². The summed E-state index contributed by atoms with van der Waals surface area (Å²) in [6.07, 6.45) is 1.93. The van der Waals surface area contributed by atoms with Crippen molar-refractivity contribution in [2.75, 3.05) is 12.3 Å². The Balaban J connectivity index is 1.87. The molecule has 104 valence electrons. The summed E-state index contributed by atoms with van der Waals surface area (Å²) < 4.78 is 13.5. The standard InChI is InChI=1S/C15H15FN2OS/c16-12-8-10(3-4-13(12)17)15(19)18-6-1-2-14(18)11-5-7-20-9-11/h3-5,7-9,14H,1-2,6,17H2. The summed E-state index contributed by atoms with van der Waals surface area (Å²) in [5.74, 6) is -0.667. The monoisotopic (exact) mass is 290 g/mol. The molecule has 1 aromatic heterocycles. The lowest BCUT2D eigenvalue weighted by molar-refractivity contribution is 0.0735. The zero-order valence-electron chi connectivity index (χ0n) is 10.9. The molecule has 20 heavy (non-hydrogen) atoms. The van der Waals surface area contributed by atoms with E-state index in [1.54, 1.807) is 17.4 Å². The highest BCUT2D eigenvalue weighted by Crippen LogP contribution is 2.34. The molecule has 0 spiro atoms. The number of carbonyl (C=O) groups is 1. The normalized spacial score (nSPS) is 18.4. The molecule has 0 radical (unpaired) electrons. The Labute approximate surface area is 120 Å². The molecule has 1 amide bonds. The van der Waals surface area contributed by atoms with Crippen LogP contribution in [-0.4, -0.2) is 17.4 Å². The summed E-state index contributed by atoms with van der Waals surface area (Å²) in [6.45, 7) is 0.714. The molecule has 0 aliphatic carbocycles. The molecule has 1 aliphatic heterocycles. The fraction of sp³-hybridized carbons (Fsp3) is 0.267. The number of hydrogen-bond acceptors (Lipinski definition) is 3. The summed E-state index contributed by atoms with van der Waals surface area (Å²) >= 11 is 1.63. The molecule has 1 fully saturated rings. The summed E-state index contributed by atoms with van der Waals surface area (Å²) in [6, 6.07) is 6.40. The summed E-state index contributed by atoms with van der Waals surface area (Å²) in [7, 11) is 0. The minimum atomic E-state index is -0.540. The maximum atomic E-state index is 13.5. The summed E-state index contributed by atoms with van der Waals surface area (Å²) in [4.78, 5) is 14.4. The average molecular weight is 290 g/mol. The number of halogens is 1. The largest absolute Gasteiger partial charge is 0.396 e. The number of amides is 1. The predicted molar refractivity (Wildman–Crippen MR) is 78.1 cm³/mol. The van der Waals surface area contributed by atoms with Crippen LogP contribution in [0.15, 0.2) is 35.0 Å². The lowest BCUT2D eigenvalue weighted by atomic mass is 10.1. The number of rotatable bonds is 2. The highest BCUT2D eigenvalue weighted by Gasteiger charge is 2.30. The lowest BCUT2D eigenvalue weighted by Crippen LogP contribution is -2.30. The van der Waals surface area contributed by atoms with Crippen molar-refractivity contribution in [1.29, 1.82) is 0 Å². The molecule has 2 N–H and O–H groups in total. The Kier molecular flexibility index (Phi) is 3.44. The van der Waals surface area contributed by atoms with E-state index in [9.17, 15) is 9.18 Å². The Hall–Kier alpha value is -1.88. The number of thiophene rings is 1. The smallest absolute Gasteiger partial charge is 0.254 e. The Morgan fingerprint density at radius 2 is 2.25 bits per heavy atom. The van der Waals surface area contributed by atoms with Gasteiger partial charge in [-0.25, -0.2) is 4.39 Å². The predicted octanol–water partition coefficient (Wildman–Crippen LogP) is 3.45. The molecule has 3 nitrogen and oxygen atoms in total. The minimum absolute atomic E-state index is 0.0670. The van der Waals surface area contributed by atoms with E-state index in [-0.39, 0.29) is 17.6 Å². The van der Waals surface area contributed by atoms with E-state index in [4.69, 9.17) is 5.73 Å². The van der Waals surface area contributed by atoms with Crippen LogP contribution in [0.3, 0.4) is 0 Å². The van der Waals surface area contributed by atoms with Gasteiger partial charge in [0.1, 0.15) is 5.82 Å². The van der Waals surface area contributed by atoms with Crippen LogP contribution in [0, 0.1) is 5.82 Å². The van der Waals surface area contributed by atoms with Crippen molar-refractivity contribution in [3.05, 3.63) is 52.0 Å². The van der Waals surface area contributed by atoms with Gasteiger partial charge < -0.3 is 10.6 Å².